The zero-order valence-corrected chi connectivity index (χ0v) is 11.5. The molecule has 90 valence electrons. The van der Waals surface area contributed by atoms with Crippen molar-refractivity contribution in [3.8, 4) is 0 Å². The molecule has 1 aromatic heterocycles. The van der Waals surface area contributed by atoms with Crippen LogP contribution in [0.25, 0.3) is 0 Å². The molecule has 1 heterocycles. The predicted octanol–water partition coefficient (Wildman–Crippen LogP) is 2.72. The molecule has 0 unspecified atom stereocenters. The maximum Gasteiger partial charge on any atom is 0.185 e. The molecule has 0 spiro atoms. The van der Waals surface area contributed by atoms with Crippen molar-refractivity contribution in [3.05, 3.63) is 46.3 Å². The third-order valence-electron chi connectivity index (χ3n) is 2.18. The van der Waals surface area contributed by atoms with Crippen molar-refractivity contribution in [2.45, 2.75) is 17.6 Å². The van der Waals surface area contributed by atoms with Crippen molar-refractivity contribution >= 4 is 25.8 Å². The van der Waals surface area contributed by atoms with E-state index in [1.165, 1.54) is 0 Å². The van der Waals surface area contributed by atoms with E-state index in [4.69, 9.17) is 4.52 Å². The van der Waals surface area contributed by atoms with E-state index in [2.05, 4.69) is 21.1 Å². The Labute approximate surface area is 108 Å². The summed E-state index contributed by atoms with van der Waals surface area (Å²) in [5.74, 6) is 0.181. The Bertz CT molecular complexity index is 616. The molecule has 0 saturated heterocycles. The Hall–Kier alpha value is -1.14. The van der Waals surface area contributed by atoms with Crippen LogP contribution in [-0.2, 0) is 15.6 Å². The van der Waals surface area contributed by atoms with Crippen molar-refractivity contribution in [1.82, 2.24) is 5.16 Å². The number of aryl methyl sites for hydroxylation is 1. The lowest BCUT2D eigenvalue weighted by molar-refractivity contribution is 0.388. The molecule has 0 atom stereocenters. The summed E-state index contributed by atoms with van der Waals surface area (Å²) in [7, 11) is -3.37. The third-order valence-corrected chi connectivity index (χ3v) is 4.37. The van der Waals surface area contributed by atoms with Crippen LogP contribution >= 0.6 is 15.9 Å². The molecule has 0 aliphatic carbocycles. The molecule has 0 N–H and O–H groups in total. The van der Waals surface area contributed by atoms with E-state index in [9.17, 15) is 8.42 Å². The number of halogens is 1. The molecule has 0 aliphatic rings. The van der Waals surface area contributed by atoms with Crippen LogP contribution < -0.4 is 0 Å². The molecular formula is C11H10BrNO3S. The first-order valence-electron chi connectivity index (χ1n) is 4.88. The van der Waals surface area contributed by atoms with E-state index in [0.717, 1.165) is 4.47 Å². The SMILES string of the molecule is Cc1cc(CS(=O)(=O)c2ccc(Br)cc2)on1. The Kier molecular flexibility index (Phi) is 3.35. The van der Waals surface area contributed by atoms with Crippen LogP contribution in [0, 0.1) is 6.92 Å². The Morgan fingerprint density at radius 2 is 1.94 bits per heavy atom. The minimum Gasteiger partial charge on any atom is -0.360 e. The molecule has 0 amide bonds. The van der Waals surface area contributed by atoms with Gasteiger partial charge in [-0.1, -0.05) is 21.1 Å². The van der Waals surface area contributed by atoms with E-state index in [0.29, 0.717) is 11.5 Å². The van der Waals surface area contributed by atoms with Gasteiger partial charge in [0.2, 0.25) is 0 Å². The second kappa shape index (κ2) is 4.62. The molecule has 0 fully saturated rings. The highest BCUT2D eigenvalue weighted by atomic mass is 79.9. The standard InChI is InChI=1S/C11H10BrNO3S/c1-8-6-10(16-13-8)7-17(14,15)11-4-2-9(12)3-5-11/h2-6H,7H2,1H3. The maximum absolute atomic E-state index is 12.0. The first kappa shape index (κ1) is 12.3. The number of hydrogen-bond donors (Lipinski definition) is 0. The molecule has 1 aromatic carbocycles. The smallest absolute Gasteiger partial charge is 0.185 e. The number of aromatic nitrogens is 1. The average Bonchev–Trinajstić information content (AvgIpc) is 2.63. The van der Waals surface area contributed by atoms with Gasteiger partial charge in [0.15, 0.2) is 15.6 Å². The van der Waals surface area contributed by atoms with E-state index in [-0.39, 0.29) is 10.6 Å². The normalized spacial score (nSPS) is 11.6. The summed E-state index contributed by atoms with van der Waals surface area (Å²) in [6, 6.07) is 8.12. The highest BCUT2D eigenvalue weighted by Gasteiger charge is 2.17. The lowest BCUT2D eigenvalue weighted by Crippen LogP contribution is -2.04. The second-order valence-corrected chi connectivity index (χ2v) is 6.55. The van der Waals surface area contributed by atoms with Crippen LogP contribution in [0.3, 0.4) is 0 Å². The fourth-order valence-electron chi connectivity index (χ4n) is 1.40. The zero-order valence-electron chi connectivity index (χ0n) is 9.05. The van der Waals surface area contributed by atoms with Crippen molar-refractivity contribution < 1.29 is 12.9 Å². The predicted molar refractivity (Wildman–Crippen MR) is 66.3 cm³/mol. The van der Waals surface area contributed by atoms with Crippen LogP contribution in [0.2, 0.25) is 0 Å². The average molecular weight is 316 g/mol. The quantitative estimate of drug-likeness (QED) is 0.873. The summed E-state index contributed by atoms with van der Waals surface area (Å²) >= 11 is 3.26. The highest BCUT2D eigenvalue weighted by Crippen LogP contribution is 2.19. The highest BCUT2D eigenvalue weighted by molar-refractivity contribution is 9.10. The van der Waals surface area contributed by atoms with Gasteiger partial charge < -0.3 is 4.52 Å². The summed E-state index contributed by atoms with van der Waals surface area (Å²) in [5.41, 5.74) is 0.672. The number of sulfone groups is 1. The van der Waals surface area contributed by atoms with E-state index in [1.807, 2.05) is 0 Å². The summed E-state index contributed by atoms with van der Waals surface area (Å²) in [4.78, 5) is 0.273. The molecule has 0 radical (unpaired) electrons. The van der Waals surface area contributed by atoms with Crippen LogP contribution in [0.15, 0.2) is 44.2 Å². The van der Waals surface area contributed by atoms with E-state index < -0.39 is 9.84 Å². The maximum atomic E-state index is 12.0. The monoisotopic (exact) mass is 315 g/mol. The fourth-order valence-corrected chi connectivity index (χ4v) is 2.89. The second-order valence-electron chi connectivity index (χ2n) is 3.65. The molecule has 2 aromatic rings. The minimum absolute atomic E-state index is 0.171. The number of hydrogen-bond acceptors (Lipinski definition) is 4. The zero-order chi connectivity index (χ0) is 12.5. The number of benzene rings is 1. The van der Waals surface area contributed by atoms with Crippen LogP contribution in [-0.4, -0.2) is 13.6 Å². The molecule has 4 nitrogen and oxygen atoms in total. The summed E-state index contributed by atoms with van der Waals surface area (Å²) in [6.45, 7) is 1.75. The third kappa shape index (κ3) is 2.95. The van der Waals surface area contributed by atoms with Gasteiger partial charge in [-0.25, -0.2) is 8.42 Å². The van der Waals surface area contributed by atoms with Gasteiger partial charge in [-0.05, 0) is 31.2 Å². The lowest BCUT2D eigenvalue weighted by atomic mass is 10.4. The van der Waals surface area contributed by atoms with Crippen LogP contribution in [0.5, 0.6) is 0 Å². The molecular weight excluding hydrogens is 306 g/mol. The van der Waals surface area contributed by atoms with Crippen molar-refractivity contribution in [2.24, 2.45) is 0 Å². The molecule has 6 heteroatoms. The van der Waals surface area contributed by atoms with Gasteiger partial charge in [-0.2, -0.15) is 0 Å². The molecule has 0 saturated carbocycles. The first-order valence-corrected chi connectivity index (χ1v) is 7.32. The van der Waals surface area contributed by atoms with Gasteiger partial charge >= 0.3 is 0 Å². The number of rotatable bonds is 3. The van der Waals surface area contributed by atoms with Crippen LogP contribution in [0.1, 0.15) is 11.5 Å². The molecule has 2 rings (SSSR count). The first-order chi connectivity index (χ1) is 7.97. The molecule has 0 aliphatic heterocycles. The van der Waals surface area contributed by atoms with Crippen molar-refractivity contribution in [3.63, 3.8) is 0 Å². The van der Waals surface area contributed by atoms with Crippen LogP contribution in [0.4, 0.5) is 0 Å². The van der Waals surface area contributed by atoms with Gasteiger partial charge in [-0.15, -0.1) is 0 Å². The Balaban J connectivity index is 2.28. The lowest BCUT2D eigenvalue weighted by Gasteiger charge is -2.01. The topological polar surface area (TPSA) is 60.2 Å². The number of nitrogens with zero attached hydrogens (tertiary/aromatic N) is 1. The van der Waals surface area contributed by atoms with Gasteiger partial charge in [0.25, 0.3) is 0 Å². The Morgan fingerprint density at radius 1 is 1.29 bits per heavy atom. The van der Waals surface area contributed by atoms with E-state index in [1.54, 1.807) is 37.3 Å². The van der Waals surface area contributed by atoms with Gasteiger partial charge in [0.05, 0.1) is 10.6 Å². The fraction of sp³-hybridized carbons (Fsp3) is 0.182. The minimum atomic E-state index is -3.37. The van der Waals surface area contributed by atoms with Gasteiger partial charge in [-0.3, -0.25) is 0 Å². The van der Waals surface area contributed by atoms with E-state index >= 15 is 0 Å². The van der Waals surface area contributed by atoms with Crippen molar-refractivity contribution in [2.75, 3.05) is 0 Å². The van der Waals surface area contributed by atoms with Gasteiger partial charge in [0, 0.05) is 10.5 Å². The Morgan fingerprint density at radius 3 is 2.47 bits per heavy atom. The summed E-state index contributed by atoms with van der Waals surface area (Å²) < 4.78 is 29.8. The van der Waals surface area contributed by atoms with Gasteiger partial charge in [0.1, 0.15) is 5.75 Å². The summed E-state index contributed by atoms with van der Waals surface area (Å²) in [6.07, 6.45) is 0. The molecule has 17 heavy (non-hydrogen) atoms. The molecule has 0 bridgehead atoms. The largest absolute Gasteiger partial charge is 0.360 e. The summed E-state index contributed by atoms with van der Waals surface area (Å²) in [5, 5.41) is 3.66. The van der Waals surface area contributed by atoms with Crippen molar-refractivity contribution in [1.29, 1.82) is 0 Å².